The van der Waals surface area contributed by atoms with Crippen LogP contribution < -0.4 is 10.1 Å². The topological polar surface area (TPSA) is 34.2 Å². The summed E-state index contributed by atoms with van der Waals surface area (Å²) in [6, 6.07) is 4.02. The van der Waals surface area contributed by atoms with E-state index in [9.17, 15) is 0 Å². The molecule has 1 heterocycles. The Morgan fingerprint density at radius 2 is 2.29 bits per heavy atom. The fourth-order valence-corrected chi connectivity index (χ4v) is 1.18. The van der Waals surface area contributed by atoms with Gasteiger partial charge in [0.1, 0.15) is 0 Å². The van der Waals surface area contributed by atoms with Gasteiger partial charge >= 0.3 is 0 Å². The molecule has 78 valence electrons. The number of ether oxygens (including phenoxy) is 1. The Kier molecular flexibility index (Phi) is 4.40. The lowest BCUT2D eigenvalue weighted by atomic mass is 10.2. The van der Waals surface area contributed by atoms with Gasteiger partial charge in [-0.1, -0.05) is 0 Å². The van der Waals surface area contributed by atoms with Gasteiger partial charge < -0.3 is 10.1 Å². The summed E-state index contributed by atoms with van der Waals surface area (Å²) in [5, 5.41) is 3.12. The minimum absolute atomic E-state index is 0.182. The van der Waals surface area contributed by atoms with Gasteiger partial charge in [0.05, 0.1) is 6.10 Å². The molecule has 0 bridgehead atoms. The van der Waals surface area contributed by atoms with Crippen molar-refractivity contribution in [3.63, 3.8) is 0 Å². The Labute approximate surface area is 85.5 Å². The molecule has 1 aromatic heterocycles. The Morgan fingerprint density at radius 1 is 1.50 bits per heavy atom. The first-order valence-electron chi connectivity index (χ1n) is 4.98. The molecule has 0 aliphatic heterocycles. The maximum absolute atomic E-state index is 5.50. The molecule has 14 heavy (non-hydrogen) atoms. The van der Waals surface area contributed by atoms with Gasteiger partial charge in [0.2, 0.25) is 5.88 Å². The second-order valence-electron chi connectivity index (χ2n) is 3.52. The molecule has 0 spiro atoms. The van der Waals surface area contributed by atoms with Crippen molar-refractivity contribution in [1.82, 2.24) is 10.3 Å². The van der Waals surface area contributed by atoms with Gasteiger partial charge in [-0.2, -0.15) is 0 Å². The van der Waals surface area contributed by atoms with E-state index in [-0.39, 0.29) is 6.10 Å². The Morgan fingerprint density at radius 3 is 2.93 bits per heavy atom. The van der Waals surface area contributed by atoms with E-state index in [1.165, 1.54) is 5.56 Å². The lowest BCUT2D eigenvalue weighted by Gasteiger charge is -2.09. The average molecular weight is 194 g/mol. The highest BCUT2D eigenvalue weighted by Gasteiger charge is 2.00. The zero-order valence-corrected chi connectivity index (χ0v) is 9.08. The second kappa shape index (κ2) is 5.60. The smallest absolute Gasteiger partial charge is 0.213 e. The summed E-state index contributed by atoms with van der Waals surface area (Å²) in [6.07, 6.45) is 2.98. The first-order valence-corrected chi connectivity index (χ1v) is 4.98. The first-order chi connectivity index (χ1) is 6.72. The van der Waals surface area contributed by atoms with Crippen LogP contribution in [0.15, 0.2) is 18.3 Å². The molecule has 0 aromatic carbocycles. The third-order valence-corrected chi connectivity index (χ3v) is 1.82. The summed E-state index contributed by atoms with van der Waals surface area (Å²) in [7, 11) is 1.95. The standard InChI is InChI=1S/C11H18N2O/c1-9(2)14-11-8-10(4-6-12-3)5-7-13-11/h5,7-9,12H,4,6H2,1-3H3. The van der Waals surface area contributed by atoms with Crippen LogP contribution in [0.4, 0.5) is 0 Å². The van der Waals surface area contributed by atoms with Crippen molar-refractivity contribution in [3.05, 3.63) is 23.9 Å². The summed E-state index contributed by atoms with van der Waals surface area (Å²) in [5.41, 5.74) is 1.25. The van der Waals surface area contributed by atoms with Gasteiger partial charge in [-0.15, -0.1) is 0 Å². The summed E-state index contributed by atoms with van der Waals surface area (Å²) in [5.74, 6) is 0.716. The average Bonchev–Trinajstić information content (AvgIpc) is 2.14. The normalized spacial score (nSPS) is 10.6. The predicted octanol–water partition coefficient (Wildman–Crippen LogP) is 1.63. The highest BCUT2D eigenvalue weighted by Crippen LogP contribution is 2.11. The minimum atomic E-state index is 0.182. The van der Waals surface area contributed by atoms with Crippen LogP contribution in [0.2, 0.25) is 0 Å². The van der Waals surface area contributed by atoms with Gasteiger partial charge in [0.15, 0.2) is 0 Å². The van der Waals surface area contributed by atoms with Gasteiger partial charge in [0.25, 0.3) is 0 Å². The molecule has 1 N–H and O–H groups in total. The van der Waals surface area contributed by atoms with Crippen LogP contribution in [0.3, 0.4) is 0 Å². The molecular weight excluding hydrogens is 176 g/mol. The van der Waals surface area contributed by atoms with E-state index in [4.69, 9.17) is 4.74 Å². The van der Waals surface area contributed by atoms with Crippen molar-refractivity contribution in [2.75, 3.05) is 13.6 Å². The number of rotatable bonds is 5. The molecule has 0 unspecified atom stereocenters. The number of pyridine rings is 1. The lowest BCUT2D eigenvalue weighted by molar-refractivity contribution is 0.232. The third kappa shape index (κ3) is 3.75. The van der Waals surface area contributed by atoms with Crippen molar-refractivity contribution < 1.29 is 4.74 Å². The van der Waals surface area contributed by atoms with Crippen LogP contribution in [0, 0.1) is 0 Å². The maximum atomic E-state index is 5.50. The Bertz CT molecular complexity index is 274. The van der Waals surface area contributed by atoms with Crippen molar-refractivity contribution >= 4 is 0 Å². The van der Waals surface area contributed by atoms with Crippen LogP contribution in [0.1, 0.15) is 19.4 Å². The minimum Gasteiger partial charge on any atom is -0.475 e. The van der Waals surface area contributed by atoms with Crippen LogP contribution >= 0.6 is 0 Å². The van der Waals surface area contributed by atoms with Crippen molar-refractivity contribution in [2.24, 2.45) is 0 Å². The first kappa shape index (κ1) is 11.0. The van der Waals surface area contributed by atoms with E-state index in [2.05, 4.69) is 10.3 Å². The highest BCUT2D eigenvalue weighted by atomic mass is 16.5. The van der Waals surface area contributed by atoms with Crippen molar-refractivity contribution in [1.29, 1.82) is 0 Å². The van der Waals surface area contributed by atoms with Gasteiger partial charge in [-0.25, -0.2) is 4.98 Å². The van der Waals surface area contributed by atoms with Gasteiger partial charge in [-0.3, -0.25) is 0 Å². The van der Waals surface area contributed by atoms with E-state index in [1.807, 2.05) is 33.0 Å². The van der Waals surface area contributed by atoms with Crippen LogP contribution in [-0.4, -0.2) is 24.7 Å². The molecule has 0 atom stereocenters. The Balaban J connectivity index is 2.59. The molecular formula is C11H18N2O. The molecule has 3 heteroatoms. The fourth-order valence-electron chi connectivity index (χ4n) is 1.18. The monoisotopic (exact) mass is 194 g/mol. The van der Waals surface area contributed by atoms with Gasteiger partial charge in [-0.05, 0) is 45.5 Å². The molecule has 0 amide bonds. The summed E-state index contributed by atoms with van der Waals surface area (Å²) < 4.78 is 5.50. The van der Waals surface area contributed by atoms with Crippen LogP contribution in [0.25, 0.3) is 0 Å². The van der Waals surface area contributed by atoms with Crippen LogP contribution in [-0.2, 0) is 6.42 Å². The molecule has 0 saturated carbocycles. The maximum Gasteiger partial charge on any atom is 0.213 e. The van der Waals surface area contributed by atoms with E-state index in [0.29, 0.717) is 5.88 Å². The molecule has 0 radical (unpaired) electrons. The molecule has 1 aromatic rings. The van der Waals surface area contributed by atoms with E-state index in [1.54, 1.807) is 6.20 Å². The van der Waals surface area contributed by atoms with Crippen molar-refractivity contribution in [2.45, 2.75) is 26.4 Å². The van der Waals surface area contributed by atoms with Crippen molar-refractivity contribution in [3.8, 4) is 5.88 Å². The number of hydrogen-bond acceptors (Lipinski definition) is 3. The number of aromatic nitrogens is 1. The summed E-state index contributed by atoms with van der Waals surface area (Å²) in [4.78, 5) is 4.14. The van der Waals surface area contributed by atoms with Gasteiger partial charge in [0, 0.05) is 12.3 Å². The molecule has 0 saturated heterocycles. The van der Waals surface area contributed by atoms with Crippen LogP contribution in [0.5, 0.6) is 5.88 Å². The quantitative estimate of drug-likeness (QED) is 0.773. The molecule has 1 rings (SSSR count). The molecule has 0 fully saturated rings. The zero-order valence-electron chi connectivity index (χ0n) is 9.08. The molecule has 0 aliphatic rings. The Hall–Kier alpha value is -1.09. The summed E-state index contributed by atoms with van der Waals surface area (Å²) >= 11 is 0. The fraction of sp³-hybridized carbons (Fsp3) is 0.545. The number of likely N-dealkylation sites (N-methyl/N-ethyl adjacent to an activating group) is 1. The summed E-state index contributed by atoms with van der Waals surface area (Å²) in [6.45, 7) is 4.98. The third-order valence-electron chi connectivity index (χ3n) is 1.82. The SMILES string of the molecule is CNCCc1ccnc(OC(C)C)c1. The predicted molar refractivity (Wildman–Crippen MR) is 57.6 cm³/mol. The zero-order chi connectivity index (χ0) is 10.4. The van der Waals surface area contributed by atoms with E-state index < -0.39 is 0 Å². The number of nitrogens with zero attached hydrogens (tertiary/aromatic N) is 1. The lowest BCUT2D eigenvalue weighted by Crippen LogP contribution is -2.11. The second-order valence-corrected chi connectivity index (χ2v) is 3.52. The molecule has 0 aliphatic carbocycles. The van der Waals surface area contributed by atoms with E-state index in [0.717, 1.165) is 13.0 Å². The molecule has 3 nitrogen and oxygen atoms in total. The largest absolute Gasteiger partial charge is 0.475 e. The number of hydrogen-bond donors (Lipinski definition) is 1. The van der Waals surface area contributed by atoms with E-state index >= 15 is 0 Å². The number of nitrogens with one attached hydrogen (secondary N) is 1. The highest BCUT2D eigenvalue weighted by molar-refractivity contribution is 5.20.